The number of nitrogens with zero attached hydrogens (tertiary/aromatic N) is 3. The van der Waals surface area contributed by atoms with Crippen molar-refractivity contribution in [2.75, 3.05) is 0 Å². The number of hydrogen-bond donors (Lipinski definition) is 0. The zero-order valence-electron chi connectivity index (χ0n) is 17.6. The molecule has 0 aliphatic carbocycles. The zero-order chi connectivity index (χ0) is 23.8. The standard InChI is InChI=1S/C25H16ClN3O5/c26-17-9-10-21-27-18(11-22(30)28(21)13-17)14-34-25(33)16-7-5-15(6-8-16)12-29-23(31)19-3-1-2-4-20(19)24(29)32/h1-11,13H,12,14H2. The quantitative estimate of drug-likeness (QED) is 0.325. The molecule has 168 valence electrons. The van der Waals surface area contributed by atoms with E-state index in [1.807, 2.05) is 0 Å². The molecule has 0 saturated heterocycles. The second kappa shape index (κ2) is 8.57. The molecule has 34 heavy (non-hydrogen) atoms. The van der Waals surface area contributed by atoms with Crippen molar-refractivity contribution in [1.29, 1.82) is 0 Å². The van der Waals surface area contributed by atoms with Gasteiger partial charge in [0.1, 0.15) is 12.3 Å². The van der Waals surface area contributed by atoms with Gasteiger partial charge in [-0.1, -0.05) is 35.9 Å². The van der Waals surface area contributed by atoms with E-state index in [0.29, 0.717) is 33.1 Å². The van der Waals surface area contributed by atoms with Gasteiger partial charge in [-0.3, -0.25) is 23.7 Å². The lowest BCUT2D eigenvalue weighted by Crippen LogP contribution is -2.29. The molecule has 2 aromatic carbocycles. The van der Waals surface area contributed by atoms with Crippen molar-refractivity contribution < 1.29 is 19.1 Å². The molecule has 8 nitrogen and oxygen atoms in total. The summed E-state index contributed by atoms with van der Waals surface area (Å²) in [5, 5.41) is 0.405. The summed E-state index contributed by atoms with van der Waals surface area (Å²) in [4.78, 5) is 55.2. The van der Waals surface area contributed by atoms with Crippen LogP contribution in [0.2, 0.25) is 5.02 Å². The summed E-state index contributed by atoms with van der Waals surface area (Å²) in [5.74, 6) is -1.28. The number of fused-ring (bicyclic) bond motifs is 2. The number of carbonyl (C=O) groups excluding carboxylic acids is 3. The molecule has 9 heteroatoms. The molecule has 3 heterocycles. The number of carbonyl (C=O) groups is 3. The van der Waals surface area contributed by atoms with Gasteiger partial charge in [-0.15, -0.1) is 0 Å². The summed E-state index contributed by atoms with van der Waals surface area (Å²) in [6.45, 7) is -0.0827. The van der Waals surface area contributed by atoms with Crippen molar-refractivity contribution in [2.24, 2.45) is 0 Å². The number of halogens is 1. The number of imide groups is 1. The second-order valence-corrected chi connectivity index (χ2v) is 8.11. The normalized spacial score (nSPS) is 12.8. The Hall–Kier alpha value is -4.30. The molecule has 0 N–H and O–H groups in total. The summed E-state index contributed by atoms with van der Waals surface area (Å²) in [6.07, 6.45) is 1.46. The Balaban J connectivity index is 1.25. The van der Waals surface area contributed by atoms with Crippen LogP contribution in [0.4, 0.5) is 0 Å². The van der Waals surface area contributed by atoms with Crippen LogP contribution >= 0.6 is 11.6 Å². The Morgan fingerprint density at radius 2 is 1.59 bits per heavy atom. The molecule has 1 aliphatic heterocycles. The molecule has 1 aliphatic rings. The number of rotatable bonds is 5. The second-order valence-electron chi connectivity index (χ2n) is 7.68. The van der Waals surface area contributed by atoms with Crippen molar-refractivity contribution in [3.05, 3.63) is 116 Å². The lowest BCUT2D eigenvalue weighted by molar-refractivity contribution is 0.0466. The highest BCUT2D eigenvalue weighted by Gasteiger charge is 2.34. The third kappa shape index (κ3) is 3.95. The van der Waals surface area contributed by atoms with Gasteiger partial charge in [-0.05, 0) is 42.0 Å². The highest BCUT2D eigenvalue weighted by Crippen LogP contribution is 2.24. The summed E-state index contributed by atoms with van der Waals surface area (Å²) in [7, 11) is 0. The first-order valence-corrected chi connectivity index (χ1v) is 10.7. The van der Waals surface area contributed by atoms with Gasteiger partial charge in [0, 0.05) is 12.3 Å². The van der Waals surface area contributed by atoms with Crippen LogP contribution in [0.1, 0.15) is 42.3 Å². The van der Waals surface area contributed by atoms with Crippen LogP contribution in [0, 0.1) is 0 Å². The van der Waals surface area contributed by atoms with E-state index in [2.05, 4.69) is 4.98 Å². The Morgan fingerprint density at radius 1 is 0.912 bits per heavy atom. The van der Waals surface area contributed by atoms with E-state index in [1.54, 1.807) is 60.7 Å². The molecule has 0 spiro atoms. The smallest absolute Gasteiger partial charge is 0.338 e. The van der Waals surface area contributed by atoms with Crippen LogP contribution in [-0.2, 0) is 17.9 Å². The molecule has 0 bridgehead atoms. The topological polar surface area (TPSA) is 98.1 Å². The van der Waals surface area contributed by atoms with Crippen LogP contribution in [-0.4, -0.2) is 32.1 Å². The minimum atomic E-state index is -0.592. The van der Waals surface area contributed by atoms with Crippen LogP contribution in [0.15, 0.2) is 77.7 Å². The van der Waals surface area contributed by atoms with E-state index in [4.69, 9.17) is 16.3 Å². The minimum Gasteiger partial charge on any atom is -0.456 e. The van der Waals surface area contributed by atoms with Gasteiger partial charge in [0.2, 0.25) is 0 Å². The van der Waals surface area contributed by atoms with Gasteiger partial charge in [0.15, 0.2) is 0 Å². The summed E-state index contributed by atoms with van der Waals surface area (Å²) >= 11 is 5.90. The molecular formula is C25H16ClN3O5. The molecule has 0 atom stereocenters. The van der Waals surface area contributed by atoms with E-state index >= 15 is 0 Å². The fourth-order valence-electron chi connectivity index (χ4n) is 3.73. The summed E-state index contributed by atoms with van der Waals surface area (Å²) in [6, 6.07) is 17.6. The van der Waals surface area contributed by atoms with Crippen molar-refractivity contribution in [3.63, 3.8) is 0 Å². The number of esters is 1. The van der Waals surface area contributed by atoms with Gasteiger partial charge in [0.05, 0.1) is 34.0 Å². The summed E-state index contributed by atoms with van der Waals surface area (Å²) in [5.41, 5.74) is 2.11. The number of benzene rings is 2. The first kappa shape index (κ1) is 21.5. The fourth-order valence-corrected chi connectivity index (χ4v) is 3.89. The predicted octanol–water partition coefficient (Wildman–Crippen LogP) is 3.50. The molecule has 5 rings (SSSR count). The maximum atomic E-state index is 12.5. The maximum Gasteiger partial charge on any atom is 0.338 e. The van der Waals surface area contributed by atoms with E-state index in [1.165, 1.54) is 21.6 Å². The number of aromatic nitrogens is 2. The third-order valence-corrected chi connectivity index (χ3v) is 5.66. The SMILES string of the molecule is O=C(OCc1cc(=O)n2cc(Cl)ccc2n1)c1ccc(CN2C(=O)c3ccccc3C2=O)cc1. The number of pyridine rings is 1. The number of ether oxygens (including phenoxy) is 1. The van der Waals surface area contributed by atoms with Crippen LogP contribution in [0.25, 0.3) is 5.65 Å². The predicted molar refractivity (Wildman–Crippen MR) is 123 cm³/mol. The van der Waals surface area contributed by atoms with Gasteiger partial charge < -0.3 is 4.74 Å². The van der Waals surface area contributed by atoms with Crippen molar-refractivity contribution in [2.45, 2.75) is 13.2 Å². The highest BCUT2D eigenvalue weighted by atomic mass is 35.5. The van der Waals surface area contributed by atoms with Crippen molar-refractivity contribution in [1.82, 2.24) is 14.3 Å². The lowest BCUT2D eigenvalue weighted by atomic mass is 10.1. The van der Waals surface area contributed by atoms with E-state index in [-0.39, 0.29) is 36.1 Å². The Bertz CT molecular complexity index is 1490. The lowest BCUT2D eigenvalue weighted by Gasteiger charge is -2.14. The van der Waals surface area contributed by atoms with E-state index < -0.39 is 5.97 Å². The number of amides is 2. The van der Waals surface area contributed by atoms with Crippen molar-refractivity contribution >= 4 is 35.0 Å². The molecular weight excluding hydrogens is 458 g/mol. The van der Waals surface area contributed by atoms with Crippen molar-refractivity contribution in [3.8, 4) is 0 Å². The van der Waals surface area contributed by atoms with Crippen LogP contribution in [0.5, 0.6) is 0 Å². The zero-order valence-corrected chi connectivity index (χ0v) is 18.4. The first-order chi connectivity index (χ1) is 16.4. The monoisotopic (exact) mass is 473 g/mol. The Morgan fingerprint density at radius 3 is 2.26 bits per heavy atom. The Labute approximate surface area is 198 Å². The third-order valence-electron chi connectivity index (χ3n) is 5.44. The molecule has 0 saturated carbocycles. The molecule has 4 aromatic rings. The molecule has 0 unspecified atom stereocenters. The van der Waals surface area contributed by atoms with Gasteiger partial charge >= 0.3 is 5.97 Å². The van der Waals surface area contributed by atoms with Gasteiger partial charge in [-0.25, -0.2) is 9.78 Å². The first-order valence-electron chi connectivity index (χ1n) is 10.3. The molecule has 0 fully saturated rings. The fraction of sp³-hybridized carbons (Fsp3) is 0.0800. The molecule has 2 aromatic heterocycles. The highest BCUT2D eigenvalue weighted by molar-refractivity contribution is 6.30. The van der Waals surface area contributed by atoms with E-state index in [9.17, 15) is 19.2 Å². The van der Waals surface area contributed by atoms with E-state index in [0.717, 1.165) is 0 Å². The maximum absolute atomic E-state index is 12.5. The Kier molecular flexibility index (Phi) is 5.43. The van der Waals surface area contributed by atoms with Gasteiger partial charge in [0.25, 0.3) is 17.4 Å². The average molecular weight is 474 g/mol. The van der Waals surface area contributed by atoms with Crippen LogP contribution in [0.3, 0.4) is 0 Å². The minimum absolute atomic E-state index is 0.0939. The van der Waals surface area contributed by atoms with Gasteiger partial charge in [-0.2, -0.15) is 0 Å². The molecule has 2 amide bonds. The van der Waals surface area contributed by atoms with Crippen LogP contribution < -0.4 is 5.56 Å². The summed E-state index contributed by atoms with van der Waals surface area (Å²) < 4.78 is 6.60. The molecule has 0 radical (unpaired) electrons. The largest absolute Gasteiger partial charge is 0.456 e. The average Bonchev–Trinajstić information content (AvgIpc) is 3.08. The number of hydrogen-bond acceptors (Lipinski definition) is 6.